The van der Waals surface area contributed by atoms with E-state index < -0.39 is 11.9 Å². The van der Waals surface area contributed by atoms with Gasteiger partial charge in [-0.25, -0.2) is 14.8 Å². The van der Waals surface area contributed by atoms with Crippen molar-refractivity contribution < 1.29 is 19.1 Å². The van der Waals surface area contributed by atoms with Crippen molar-refractivity contribution in [3.63, 3.8) is 0 Å². The first-order chi connectivity index (χ1) is 12.5. The maximum Gasteiger partial charge on any atom is 0.341 e. The molecule has 0 radical (unpaired) electrons. The second-order valence-electron chi connectivity index (χ2n) is 5.07. The average Bonchev–Trinajstić information content (AvgIpc) is 3.06. The van der Waals surface area contributed by atoms with Crippen molar-refractivity contribution in [2.75, 3.05) is 18.5 Å². The van der Waals surface area contributed by atoms with E-state index in [4.69, 9.17) is 10.5 Å². The van der Waals surface area contributed by atoms with Crippen molar-refractivity contribution in [1.29, 1.82) is 0 Å². The molecule has 2 heterocycles. The number of nitrogens with one attached hydrogen (secondary N) is 1. The van der Waals surface area contributed by atoms with Crippen LogP contribution in [-0.2, 0) is 14.3 Å². The summed E-state index contributed by atoms with van der Waals surface area (Å²) in [5, 5.41) is 2.48. The lowest BCUT2D eigenvalue weighted by Crippen LogP contribution is -2.22. The zero-order chi connectivity index (χ0) is 19.1. The van der Waals surface area contributed by atoms with Gasteiger partial charge in [-0.2, -0.15) is 0 Å². The van der Waals surface area contributed by atoms with E-state index in [-0.39, 0.29) is 30.2 Å². The highest BCUT2D eigenvalue weighted by atomic mass is 32.1. The monoisotopic (exact) mass is 374 g/mol. The van der Waals surface area contributed by atoms with E-state index in [1.165, 1.54) is 17.5 Å². The minimum absolute atomic E-state index is 0.00523. The molecule has 0 aromatic carbocycles. The number of rotatable bonds is 7. The quantitative estimate of drug-likeness (QED) is 0.429. The fraction of sp³-hybridized carbons (Fsp3) is 0.235. The number of amides is 1. The van der Waals surface area contributed by atoms with Crippen molar-refractivity contribution in [2.24, 2.45) is 5.73 Å². The van der Waals surface area contributed by atoms with Gasteiger partial charge in [0.05, 0.1) is 11.5 Å². The standard InChI is InChI=1S/C17H18N4O4S/c1-3-25-16(24)12-9-19-17(21-15(23)11(8-18)6-7-22)20-14(12)13-5-4-10(2)26-13/h4-7,9H,3,8,18H2,1-2H3,(H,19,20,21,23)/b11-6-. The zero-order valence-electron chi connectivity index (χ0n) is 14.3. The van der Waals surface area contributed by atoms with Gasteiger partial charge in [-0.3, -0.25) is 14.9 Å². The summed E-state index contributed by atoms with van der Waals surface area (Å²) in [7, 11) is 0. The zero-order valence-corrected chi connectivity index (χ0v) is 15.1. The van der Waals surface area contributed by atoms with E-state index in [0.717, 1.165) is 15.8 Å². The van der Waals surface area contributed by atoms with Gasteiger partial charge in [-0.05, 0) is 32.1 Å². The molecule has 0 bridgehead atoms. The maximum absolute atomic E-state index is 12.2. The molecule has 0 saturated carbocycles. The lowest BCUT2D eigenvalue weighted by Gasteiger charge is -2.10. The van der Waals surface area contributed by atoms with Crippen LogP contribution >= 0.6 is 11.3 Å². The third-order valence-corrected chi connectivity index (χ3v) is 4.27. The first-order valence-electron chi connectivity index (χ1n) is 7.76. The van der Waals surface area contributed by atoms with Crippen LogP contribution in [0.3, 0.4) is 0 Å². The molecular formula is C17H18N4O4S. The number of aromatic nitrogens is 2. The SMILES string of the molecule is CCOC(=O)c1cnc(NC(=O)/C(=C\C=O)CN)nc1-c1ccc(C)s1. The summed E-state index contributed by atoms with van der Waals surface area (Å²) in [5.41, 5.74) is 6.10. The highest BCUT2D eigenvalue weighted by Crippen LogP contribution is 2.29. The maximum atomic E-state index is 12.2. The largest absolute Gasteiger partial charge is 0.462 e. The molecule has 2 aromatic rings. The van der Waals surface area contributed by atoms with Gasteiger partial charge < -0.3 is 10.5 Å². The van der Waals surface area contributed by atoms with Crippen LogP contribution in [-0.4, -0.2) is 41.3 Å². The number of allylic oxidation sites excluding steroid dienone is 1. The Morgan fingerprint density at radius 1 is 1.38 bits per heavy atom. The fourth-order valence-corrected chi connectivity index (χ4v) is 2.92. The Hall–Kier alpha value is -2.91. The molecule has 136 valence electrons. The molecule has 26 heavy (non-hydrogen) atoms. The Morgan fingerprint density at radius 2 is 2.15 bits per heavy atom. The molecule has 2 aromatic heterocycles. The Morgan fingerprint density at radius 3 is 2.73 bits per heavy atom. The molecule has 8 nitrogen and oxygen atoms in total. The van der Waals surface area contributed by atoms with Gasteiger partial charge in [-0.1, -0.05) is 0 Å². The summed E-state index contributed by atoms with van der Waals surface area (Å²) in [6, 6.07) is 3.73. The molecule has 0 fully saturated rings. The number of carbonyl (C=O) groups is 3. The molecule has 0 spiro atoms. The van der Waals surface area contributed by atoms with E-state index in [1.54, 1.807) is 6.92 Å². The molecular weight excluding hydrogens is 356 g/mol. The molecule has 0 atom stereocenters. The van der Waals surface area contributed by atoms with E-state index in [0.29, 0.717) is 12.0 Å². The van der Waals surface area contributed by atoms with Gasteiger partial charge in [0, 0.05) is 23.2 Å². The van der Waals surface area contributed by atoms with Crippen LogP contribution in [0.15, 0.2) is 30.0 Å². The molecule has 0 aliphatic carbocycles. The number of ether oxygens (including phenoxy) is 1. The lowest BCUT2D eigenvalue weighted by molar-refractivity contribution is -0.113. The molecule has 1 amide bonds. The molecule has 9 heteroatoms. The number of hydrogen-bond donors (Lipinski definition) is 2. The Labute approximate surface area is 154 Å². The average molecular weight is 374 g/mol. The molecule has 0 saturated heterocycles. The Bertz CT molecular complexity index is 860. The normalized spacial score (nSPS) is 11.1. The highest BCUT2D eigenvalue weighted by molar-refractivity contribution is 7.15. The lowest BCUT2D eigenvalue weighted by atomic mass is 10.2. The minimum Gasteiger partial charge on any atom is -0.462 e. The topological polar surface area (TPSA) is 124 Å². The van der Waals surface area contributed by atoms with Crippen LogP contribution < -0.4 is 11.1 Å². The third kappa shape index (κ3) is 4.58. The van der Waals surface area contributed by atoms with Crippen molar-refractivity contribution in [3.8, 4) is 10.6 Å². The first kappa shape index (κ1) is 19.4. The van der Waals surface area contributed by atoms with Gasteiger partial charge in [-0.15, -0.1) is 11.3 Å². The second kappa shape index (κ2) is 8.97. The van der Waals surface area contributed by atoms with Gasteiger partial charge >= 0.3 is 5.97 Å². The van der Waals surface area contributed by atoms with Gasteiger partial charge in [0.15, 0.2) is 0 Å². The van der Waals surface area contributed by atoms with E-state index >= 15 is 0 Å². The van der Waals surface area contributed by atoms with Gasteiger partial charge in [0.25, 0.3) is 5.91 Å². The number of thiophene rings is 1. The molecule has 0 unspecified atom stereocenters. The predicted octanol–water partition coefficient (Wildman–Crippen LogP) is 1.71. The summed E-state index contributed by atoms with van der Waals surface area (Å²) >= 11 is 1.45. The van der Waals surface area contributed by atoms with Gasteiger partial charge in [0.2, 0.25) is 5.95 Å². The number of carbonyl (C=O) groups excluding carboxylic acids is 3. The smallest absolute Gasteiger partial charge is 0.341 e. The van der Waals surface area contributed by atoms with Crippen LogP contribution in [0.25, 0.3) is 10.6 Å². The molecule has 2 rings (SSSR count). The van der Waals surface area contributed by atoms with Crippen molar-refractivity contribution in [1.82, 2.24) is 9.97 Å². The first-order valence-corrected chi connectivity index (χ1v) is 8.58. The summed E-state index contributed by atoms with van der Waals surface area (Å²) in [4.78, 5) is 44.9. The summed E-state index contributed by atoms with van der Waals surface area (Å²) in [6.07, 6.45) is 2.86. The van der Waals surface area contributed by atoms with E-state index in [9.17, 15) is 14.4 Å². The minimum atomic E-state index is -0.586. The van der Waals surface area contributed by atoms with Crippen LogP contribution in [0.1, 0.15) is 22.2 Å². The van der Waals surface area contributed by atoms with Crippen LogP contribution in [0.4, 0.5) is 5.95 Å². The summed E-state index contributed by atoms with van der Waals surface area (Å²) in [5.74, 6) is -1.14. The van der Waals surface area contributed by atoms with Crippen molar-refractivity contribution in [2.45, 2.75) is 13.8 Å². The molecule has 3 N–H and O–H groups in total. The van der Waals surface area contributed by atoms with Crippen molar-refractivity contribution >= 4 is 35.4 Å². The fourth-order valence-electron chi connectivity index (χ4n) is 2.05. The number of anilines is 1. The predicted molar refractivity (Wildman–Crippen MR) is 97.9 cm³/mol. The van der Waals surface area contributed by atoms with Crippen LogP contribution in [0.5, 0.6) is 0 Å². The summed E-state index contributed by atoms with van der Waals surface area (Å²) in [6.45, 7) is 3.74. The number of esters is 1. The van der Waals surface area contributed by atoms with Gasteiger partial charge in [0.1, 0.15) is 17.5 Å². The number of nitrogens with two attached hydrogens (primary N) is 1. The van der Waals surface area contributed by atoms with Crippen LogP contribution in [0, 0.1) is 6.92 Å². The molecule has 0 aliphatic heterocycles. The number of nitrogens with zero attached hydrogens (tertiary/aromatic N) is 2. The Balaban J connectivity index is 2.41. The third-order valence-electron chi connectivity index (χ3n) is 3.26. The molecule has 0 aliphatic rings. The van der Waals surface area contributed by atoms with Crippen molar-refractivity contribution in [3.05, 3.63) is 40.4 Å². The number of aldehydes is 1. The number of aryl methyl sites for hydroxylation is 1. The number of hydrogen-bond acceptors (Lipinski definition) is 8. The highest BCUT2D eigenvalue weighted by Gasteiger charge is 2.19. The van der Waals surface area contributed by atoms with E-state index in [2.05, 4.69) is 15.3 Å². The summed E-state index contributed by atoms with van der Waals surface area (Å²) < 4.78 is 5.04. The second-order valence-corrected chi connectivity index (χ2v) is 6.36. The van der Waals surface area contributed by atoms with E-state index in [1.807, 2.05) is 19.1 Å². The van der Waals surface area contributed by atoms with Crippen LogP contribution in [0.2, 0.25) is 0 Å². The Kier molecular flexibility index (Phi) is 6.70.